The second-order valence-electron chi connectivity index (χ2n) is 9.46. The summed E-state index contributed by atoms with van der Waals surface area (Å²) in [5.41, 5.74) is 7.30. The molecule has 1 amide bonds. The van der Waals surface area contributed by atoms with E-state index >= 15 is 4.39 Å². The van der Waals surface area contributed by atoms with Crippen LogP contribution in [-0.2, 0) is 17.9 Å². The van der Waals surface area contributed by atoms with Gasteiger partial charge in [-0.25, -0.2) is 19.0 Å². The highest BCUT2D eigenvalue weighted by atomic mass is 19.1. The Bertz CT molecular complexity index is 1370. The largest absolute Gasteiger partial charge is 0.391 e. The fourth-order valence-electron chi connectivity index (χ4n) is 5.04. The Morgan fingerprint density at radius 2 is 2.14 bits per heavy atom. The van der Waals surface area contributed by atoms with Crippen LogP contribution in [0.5, 0.6) is 0 Å². The number of anilines is 1. The minimum Gasteiger partial charge on any atom is -0.391 e. The lowest BCUT2D eigenvalue weighted by Crippen LogP contribution is -2.47. The van der Waals surface area contributed by atoms with E-state index in [9.17, 15) is 9.90 Å². The molecule has 0 saturated carbocycles. The third-order valence-corrected chi connectivity index (χ3v) is 7.00. The maximum Gasteiger partial charge on any atom is 0.231 e. The number of nitrogens with zero attached hydrogens (tertiary/aromatic N) is 7. The molecule has 0 unspecified atom stereocenters. The number of β-amino-alcohol motifs (C(OH)–C–C–N with tert-alkyl or cyclic N) is 1. The molecule has 0 aliphatic carbocycles. The molecule has 1 aliphatic heterocycles. The molecule has 1 fully saturated rings. The van der Waals surface area contributed by atoms with E-state index in [1.165, 1.54) is 12.4 Å². The summed E-state index contributed by atoms with van der Waals surface area (Å²) in [4.78, 5) is 24.2. The zero-order valence-corrected chi connectivity index (χ0v) is 20.7. The van der Waals surface area contributed by atoms with Crippen LogP contribution in [0.15, 0.2) is 55.2 Å². The van der Waals surface area contributed by atoms with Crippen molar-refractivity contribution in [1.29, 1.82) is 0 Å². The summed E-state index contributed by atoms with van der Waals surface area (Å²) in [6.07, 6.45) is 7.11. The van der Waals surface area contributed by atoms with E-state index in [0.29, 0.717) is 44.0 Å². The second kappa shape index (κ2) is 10.7. The van der Waals surface area contributed by atoms with Crippen molar-refractivity contribution < 1.29 is 14.3 Å². The molecule has 2 atom stereocenters. The molecule has 0 spiro atoms. The number of aliphatic hydroxyl groups is 1. The average Bonchev–Trinajstić information content (AvgIpc) is 3.55. The average molecular weight is 507 g/mol. The third-order valence-electron chi connectivity index (χ3n) is 7.00. The van der Waals surface area contributed by atoms with Gasteiger partial charge in [0.05, 0.1) is 23.7 Å². The standard InChI is InChI=1S/C26H31FN8O2/c1-2-33(13-18-4-5-20(12-22(18)27)35-9-3-8-31-35)25-21-7-11-34(26(21)30-17-29-25)14-19-6-10-32(15-23(19)36)16-24(28)37/h3-5,7-9,11-12,17,19,23,36H,2,6,10,13-16H2,1H3,(H2,28,37)/t19-,23+/m1/s1. The van der Waals surface area contributed by atoms with E-state index in [1.54, 1.807) is 29.2 Å². The number of carbonyl (C=O) groups excluding carboxylic acids is 1. The van der Waals surface area contributed by atoms with Crippen molar-refractivity contribution in [3.8, 4) is 5.69 Å². The predicted octanol–water partition coefficient (Wildman–Crippen LogP) is 1.95. The van der Waals surface area contributed by atoms with Gasteiger partial charge in [0.1, 0.15) is 23.6 Å². The van der Waals surface area contributed by atoms with Crippen molar-refractivity contribution in [2.24, 2.45) is 11.7 Å². The zero-order valence-electron chi connectivity index (χ0n) is 20.7. The van der Waals surface area contributed by atoms with Crippen molar-refractivity contribution in [2.75, 3.05) is 31.1 Å². The normalized spacial score (nSPS) is 18.4. The lowest BCUT2D eigenvalue weighted by Gasteiger charge is -2.35. The number of amides is 1. The molecule has 1 aliphatic rings. The molecule has 10 nitrogen and oxygen atoms in total. The minimum atomic E-state index is -0.563. The first-order chi connectivity index (χ1) is 17.9. The Hall–Kier alpha value is -3.83. The molecule has 11 heteroatoms. The highest BCUT2D eigenvalue weighted by Crippen LogP contribution is 2.28. The summed E-state index contributed by atoms with van der Waals surface area (Å²) < 4.78 is 18.7. The Labute approximate surface area is 214 Å². The van der Waals surface area contributed by atoms with Crippen LogP contribution in [0.2, 0.25) is 0 Å². The predicted molar refractivity (Wildman–Crippen MR) is 138 cm³/mol. The number of rotatable bonds is 9. The van der Waals surface area contributed by atoms with Gasteiger partial charge in [-0.3, -0.25) is 9.69 Å². The topological polar surface area (TPSA) is 118 Å². The summed E-state index contributed by atoms with van der Waals surface area (Å²) >= 11 is 0. The number of likely N-dealkylation sites (tertiary alicyclic amines) is 1. The molecule has 1 saturated heterocycles. The molecule has 0 radical (unpaired) electrons. The van der Waals surface area contributed by atoms with Crippen molar-refractivity contribution in [2.45, 2.75) is 32.5 Å². The monoisotopic (exact) mass is 506 g/mol. The van der Waals surface area contributed by atoms with E-state index in [1.807, 2.05) is 39.6 Å². The fourth-order valence-corrected chi connectivity index (χ4v) is 5.04. The number of hydrogen-bond acceptors (Lipinski definition) is 7. The van der Waals surface area contributed by atoms with Gasteiger partial charge in [0.25, 0.3) is 0 Å². The Balaban J connectivity index is 1.33. The molecule has 4 aromatic rings. The molecule has 3 N–H and O–H groups in total. The minimum absolute atomic E-state index is 0.0304. The summed E-state index contributed by atoms with van der Waals surface area (Å²) in [5, 5.41) is 15.7. The highest BCUT2D eigenvalue weighted by Gasteiger charge is 2.29. The molecule has 5 rings (SSSR count). The maximum atomic E-state index is 15.0. The zero-order chi connectivity index (χ0) is 25.9. The van der Waals surface area contributed by atoms with Gasteiger partial charge in [0.2, 0.25) is 5.91 Å². The van der Waals surface area contributed by atoms with Crippen molar-refractivity contribution in [3.63, 3.8) is 0 Å². The first kappa shape index (κ1) is 24.8. The van der Waals surface area contributed by atoms with Gasteiger partial charge in [-0.2, -0.15) is 5.10 Å². The number of halogens is 1. The Morgan fingerprint density at radius 3 is 2.84 bits per heavy atom. The number of hydrogen-bond donors (Lipinski definition) is 2. The molecule has 0 bridgehead atoms. The number of fused-ring (bicyclic) bond motifs is 1. The number of aromatic nitrogens is 5. The number of primary amides is 1. The van der Waals surface area contributed by atoms with Crippen LogP contribution >= 0.6 is 0 Å². The highest BCUT2D eigenvalue weighted by molar-refractivity contribution is 5.87. The molecule has 1 aromatic carbocycles. The van der Waals surface area contributed by atoms with E-state index in [0.717, 1.165) is 23.3 Å². The molecule has 3 aromatic heterocycles. The van der Waals surface area contributed by atoms with E-state index in [2.05, 4.69) is 15.1 Å². The number of carbonyl (C=O) groups is 1. The summed E-state index contributed by atoms with van der Waals surface area (Å²) in [6.45, 7) is 4.88. The van der Waals surface area contributed by atoms with Crippen LogP contribution in [0.3, 0.4) is 0 Å². The van der Waals surface area contributed by atoms with Crippen LogP contribution in [-0.4, -0.2) is 72.5 Å². The van der Waals surface area contributed by atoms with Crippen molar-refractivity contribution >= 4 is 22.8 Å². The molecular weight excluding hydrogens is 475 g/mol. The number of nitrogens with two attached hydrogens (primary N) is 1. The first-order valence-corrected chi connectivity index (χ1v) is 12.4. The van der Waals surface area contributed by atoms with Gasteiger partial charge in [0.15, 0.2) is 0 Å². The number of benzene rings is 1. The lowest BCUT2D eigenvalue weighted by molar-refractivity contribution is -0.120. The third kappa shape index (κ3) is 5.32. The quantitative estimate of drug-likeness (QED) is 0.356. The van der Waals surface area contributed by atoms with E-state index in [4.69, 9.17) is 5.73 Å². The van der Waals surface area contributed by atoms with Crippen LogP contribution in [0.4, 0.5) is 10.2 Å². The van der Waals surface area contributed by atoms with Crippen LogP contribution in [0.1, 0.15) is 18.9 Å². The van der Waals surface area contributed by atoms with E-state index < -0.39 is 6.10 Å². The molecule has 194 valence electrons. The van der Waals surface area contributed by atoms with Crippen LogP contribution in [0, 0.1) is 11.7 Å². The summed E-state index contributed by atoms with van der Waals surface area (Å²) in [7, 11) is 0. The van der Waals surface area contributed by atoms with Gasteiger partial charge in [-0.05, 0) is 44.2 Å². The molecular formula is C26H31FN8O2. The number of piperidine rings is 1. The lowest BCUT2D eigenvalue weighted by atomic mass is 9.93. The van der Waals surface area contributed by atoms with Crippen LogP contribution in [0.25, 0.3) is 16.7 Å². The van der Waals surface area contributed by atoms with E-state index in [-0.39, 0.29) is 24.2 Å². The number of aliphatic hydroxyl groups excluding tert-OH is 1. The fraction of sp³-hybridized carbons (Fsp3) is 0.385. The van der Waals surface area contributed by atoms with Crippen LogP contribution < -0.4 is 10.6 Å². The van der Waals surface area contributed by atoms with Gasteiger partial charge in [-0.1, -0.05) is 6.07 Å². The summed E-state index contributed by atoms with van der Waals surface area (Å²) in [5.74, 6) is 0.0768. The smallest absolute Gasteiger partial charge is 0.231 e. The Morgan fingerprint density at radius 1 is 1.27 bits per heavy atom. The second-order valence-corrected chi connectivity index (χ2v) is 9.46. The summed E-state index contributed by atoms with van der Waals surface area (Å²) in [6, 6.07) is 8.89. The Kier molecular flexibility index (Phi) is 7.15. The maximum absolute atomic E-state index is 15.0. The first-order valence-electron chi connectivity index (χ1n) is 12.4. The SMILES string of the molecule is CCN(Cc1ccc(-n2cccn2)cc1F)c1ncnc2c1ccn2C[C@H]1CCN(CC(N)=O)C[C@@H]1O. The molecule has 37 heavy (non-hydrogen) atoms. The van der Waals surface area contributed by atoms with Crippen molar-refractivity contribution in [1.82, 2.24) is 29.2 Å². The van der Waals surface area contributed by atoms with Gasteiger partial charge < -0.3 is 20.3 Å². The van der Waals surface area contributed by atoms with Crippen molar-refractivity contribution in [3.05, 3.63) is 66.6 Å². The van der Waals surface area contributed by atoms with Gasteiger partial charge in [0, 0.05) is 56.3 Å². The molecule has 4 heterocycles. The van der Waals surface area contributed by atoms with Gasteiger partial charge in [-0.15, -0.1) is 0 Å². The van der Waals surface area contributed by atoms with Gasteiger partial charge >= 0.3 is 0 Å².